The standard InChI is InChI=1S/C30H31N5O3S/c1-19(2)38-23-16-14-22(15-17-23)27-26(28(36)32-24-12-8-9-13-25(24)37-4)20(3)31-29-33-30(34-35(27)29)39-18-21-10-6-5-7-11-21/h5-17,19,27H,18H2,1-4H3,(H,32,36)(H,31,33,34). The smallest absolute Gasteiger partial charge is 0.255 e. The number of ether oxygens (including phenoxy) is 2. The fraction of sp³-hybridized carbons (Fsp3) is 0.233. The van der Waals surface area contributed by atoms with Gasteiger partial charge in [-0.25, -0.2) is 4.68 Å². The lowest BCUT2D eigenvalue weighted by Crippen LogP contribution is -2.31. The first-order valence-corrected chi connectivity index (χ1v) is 13.7. The summed E-state index contributed by atoms with van der Waals surface area (Å²) in [6.07, 6.45) is 0.0604. The van der Waals surface area contributed by atoms with E-state index in [2.05, 4.69) is 22.8 Å². The van der Waals surface area contributed by atoms with Gasteiger partial charge in [0.05, 0.1) is 24.5 Å². The second-order valence-electron chi connectivity index (χ2n) is 9.39. The SMILES string of the molecule is COc1ccccc1NC(=O)C1=C(C)Nc2nc(SCc3ccccc3)nn2C1c1ccc(OC(C)C)cc1. The summed E-state index contributed by atoms with van der Waals surface area (Å²) in [4.78, 5) is 18.6. The van der Waals surface area contributed by atoms with Crippen LogP contribution in [0.1, 0.15) is 37.9 Å². The maximum absolute atomic E-state index is 13.8. The van der Waals surface area contributed by atoms with Gasteiger partial charge in [0.2, 0.25) is 11.1 Å². The van der Waals surface area contributed by atoms with Gasteiger partial charge in [-0.3, -0.25) is 4.79 Å². The number of thioether (sulfide) groups is 1. The summed E-state index contributed by atoms with van der Waals surface area (Å²) >= 11 is 1.55. The van der Waals surface area contributed by atoms with Gasteiger partial charge in [-0.15, -0.1) is 5.10 Å². The molecule has 5 rings (SSSR count). The number of methoxy groups -OCH3 is 1. The molecule has 0 bridgehead atoms. The molecule has 4 aromatic rings. The molecule has 200 valence electrons. The lowest BCUT2D eigenvalue weighted by molar-refractivity contribution is -0.113. The van der Waals surface area contributed by atoms with Crippen LogP contribution >= 0.6 is 11.8 Å². The van der Waals surface area contributed by atoms with Crippen LogP contribution in [-0.4, -0.2) is 33.9 Å². The average Bonchev–Trinajstić information content (AvgIpc) is 3.34. The maximum atomic E-state index is 13.8. The molecule has 0 spiro atoms. The first-order valence-electron chi connectivity index (χ1n) is 12.7. The number of carbonyl (C=O) groups excluding carboxylic acids is 1. The van der Waals surface area contributed by atoms with Gasteiger partial charge in [-0.2, -0.15) is 4.98 Å². The number of anilines is 2. The Bertz CT molecular complexity index is 1480. The zero-order valence-corrected chi connectivity index (χ0v) is 23.2. The number of hydrogen-bond donors (Lipinski definition) is 2. The topological polar surface area (TPSA) is 90.3 Å². The van der Waals surface area contributed by atoms with E-state index in [0.717, 1.165) is 17.1 Å². The Kier molecular flexibility index (Phi) is 7.88. The molecule has 9 heteroatoms. The van der Waals surface area contributed by atoms with Crippen LogP contribution in [0.4, 0.5) is 11.6 Å². The van der Waals surface area contributed by atoms with E-state index in [1.807, 2.05) is 87.5 Å². The third kappa shape index (κ3) is 5.93. The highest BCUT2D eigenvalue weighted by Gasteiger charge is 2.34. The second kappa shape index (κ2) is 11.7. The molecule has 1 atom stereocenters. The average molecular weight is 542 g/mol. The molecule has 0 saturated carbocycles. The number of hydrogen-bond acceptors (Lipinski definition) is 7. The molecule has 1 aromatic heterocycles. The first kappa shape index (κ1) is 26.4. The molecule has 3 aromatic carbocycles. The lowest BCUT2D eigenvalue weighted by atomic mass is 9.95. The number of fused-ring (bicyclic) bond motifs is 1. The van der Waals surface area contributed by atoms with E-state index in [-0.39, 0.29) is 12.0 Å². The third-order valence-electron chi connectivity index (χ3n) is 6.21. The summed E-state index contributed by atoms with van der Waals surface area (Å²) in [6.45, 7) is 5.86. The number of nitrogens with one attached hydrogen (secondary N) is 2. The number of aromatic nitrogens is 3. The van der Waals surface area contributed by atoms with E-state index >= 15 is 0 Å². The Hall–Kier alpha value is -4.24. The maximum Gasteiger partial charge on any atom is 0.255 e. The van der Waals surface area contributed by atoms with Crippen molar-refractivity contribution in [1.29, 1.82) is 0 Å². The summed E-state index contributed by atoms with van der Waals surface area (Å²) in [5.74, 6) is 2.42. The van der Waals surface area contributed by atoms with Gasteiger partial charge >= 0.3 is 0 Å². The van der Waals surface area contributed by atoms with Gasteiger partial charge in [-0.05, 0) is 56.2 Å². The fourth-order valence-corrected chi connectivity index (χ4v) is 5.24. The minimum absolute atomic E-state index is 0.0604. The number of allylic oxidation sites excluding steroid dienone is 1. The number of para-hydroxylation sites is 2. The number of benzene rings is 3. The molecule has 2 N–H and O–H groups in total. The third-order valence-corrected chi connectivity index (χ3v) is 7.12. The monoisotopic (exact) mass is 541 g/mol. The van der Waals surface area contributed by atoms with Crippen molar-refractivity contribution in [2.75, 3.05) is 17.7 Å². The van der Waals surface area contributed by atoms with E-state index in [9.17, 15) is 4.79 Å². The van der Waals surface area contributed by atoms with Crippen molar-refractivity contribution >= 4 is 29.3 Å². The molecule has 0 aliphatic carbocycles. The van der Waals surface area contributed by atoms with Crippen LogP contribution in [0.2, 0.25) is 0 Å². The molecule has 1 aliphatic rings. The van der Waals surface area contributed by atoms with Gasteiger partial charge in [0.25, 0.3) is 5.91 Å². The molecular formula is C30H31N5O3S. The molecule has 1 unspecified atom stereocenters. The predicted octanol–water partition coefficient (Wildman–Crippen LogP) is 6.29. The van der Waals surface area contributed by atoms with Crippen LogP contribution < -0.4 is 20.1 Å². The highest BCUT2D eigenvalue weighted by molar-refractivity contribution is 7.98. The van der Waals surface area contributed by atoms with Crippen molar-refractivity contribution in [3.8, 4) is 11.5 Å². The van der Waals surface area contributed by atoms with Gasteiger partial charge in [0.1, 0.15) is 17.5 Å². The summed E-state index contributed by atoms with van der Waals surface area (Å²) < 4.78 is 13.1. The minimum atomic E-state index is -0.498. The van der Waals surface area contributed by atoms with Crippen molar-refractivity contribution in [3.63, 3.8) is 0 Å². The van der Waals surface area contributed by atoms with Gasteiger partial charge < -0.3 is 20.1 Å². The van der Waals surface area contributed by atoms with Crippen LogP contribution in [0, 0.1) is 0 Å². The Morgan fingerprint density at radius 1 is 1.05 bits per heavy atom. The Labute approximate surface area is 232 Å². The fourth-order valence-electron chi connectivity index (χ4n) is 4.46. The zero-order chi connectivity index (χ0) is 27.4. The van der Waals surface area contributed by atoms with E-state index in [1.165, 1.54) is 5.56 Å². The molecule has 2 heterocycles. The van der Waals surface area contributed by atoms with Gasteiger partial charge in [-0.1, -0.05) is 66.4 Å². The number of carbonyl (C=O) groups is 1. The molecule has 0 radical (unpaired) electrons. The van der Waals surface area contributed by atoms with Crippen LogP contribution in [0.3, 0.4) is 0 Å². The van der Waals surface area contributed by atoms with Gasteiger partial charge in [0.15, 0.2) is 0 Å². The Morgan fingerprint density at radius 3 is 2.49 bits per heavy atom. The molecular weight excluding hydrogens is 510 g/mol. The molecule has 0 fully saturated rings. The predicted molar refractivity (Wildman–Crippen MR) is 154 cm³/mol. The van der Waals surface area contributed by atoms with Crippen LogP contribution in [-0.2, 0) is 10.5 Å². The Balaban J connectivity index is 1.50. The normalized spacial score (nSPS) is 14.5. The van der Waals surface area contributed by atoms with E-state index in [1.54, 1.807) is 23.6 Å². The number of amides is 1. The molecule has 8 nitrogen and oxygen atoms in total. The lowest BCUT2D eigenvalue weighted by Gasteiger charge is -2.29. The minimum Gasteiger partial charge on any atom is -0.495 e. The highest BCUT2D eigenvalue weighted by atomic mass is 32.2. The first-order chi connectivity index (χ1) is 18.9. The van der Waals surface area contributed by atoms with Crippen molar-refractivity contribution in [1.82, 2.24) is 14.8 Å². The summed E-state index contributed by atoms with van der Waals surface area (Å²) in [7, 11) is 1.58. The highest BCUT2D eigenvalue weighted by Crippen LogP contribution is 2.38. The quantitative estimate of drug-likeness (QED) is 0.241. The van der Waals surface area contributed by atoms with Crippen molar-refractivity contribution in [2.45, 2.75) is 43.8 Å². The largest absolute Gasteiger partial charge is 0.495 e. The summed E-state index contributed by atoms with van der Waals surface area (Å²) in [5, 5.41) is 11.8. The molecule has 1 aliphatic heterocycles. The van der Waals surface area contributed by atoms with Crippen molar-refractivity contribution in [2.24, 2.45) is 0 Å². The van der Waals surface area contributed by atoms with Gasteiger partial charge in [0, 0.05) is 11.4 Å². The zero-order valence-electron chi connectivity index (χ0n) is 22.3. The van der Waals surface area contributed by atoms with Crippen LogP contribution in [0.25, 0.3) is 0 Å². The number of rotatable bonds is 9. The molecule has 39 heavy (non-hydrogen) atoms. The second-order valence-corrected chi connectivity index (χ2v) is 10.3. The van der Waals surface area contributed by atoms with Crippen molar-refractivity contribution < 1.29 is 14.3 Å². The molecule has 1 amide bonds. The van der Waals surface area contributed by atoms with E-state index in [0.29, 0.717) is 33.8 Å². The molecule has 0 saturated heterocycles. The van der Waals surface area contributed by atoms with Crippen LogP contribution in [0.15, 0.2) is 95.3 Å². The summed E-state index contributed by atoms with van der Waals surface area (Å²) in [5.41, 5.74) is 3.91. The van der Waals surface area contributed by atoms with Crippen LogP contribution in [0.5, 0.6) is 11.5 Å². The summed E-state index contributed by atoms with van der Waals surface area (Å²) in [6, 6.07) is 24.8. The van der Waals surface area contributed by atoms with Crippen molar-refractivity contribution in [3.05, 3.63) is 101 Å². The van der Waals surface area contributed by atoms with E-state index < -0.39 is 6.04 Å². The number of nitrogens with zero attached hydrogens (tertiary/aromatic N) is 3. The van der Waals surface area contributed by atoms with E-state index in [4.69, 9.17) is 19.6 Å². The Morgan fingerprint density at radius 2 is 1.77 bits per heavy atom.